The van der Waals surface area contributed by atoms with E-state index in [-0.39, 0.29) is 28.0 Å². The van der Waals surface area contributed by atoms with Crippen LogP contribution >= 0.6 is 10.7 Å². The molecule has 1 heterocycles. The van der Waals surface area contributed by atoms with Crippen LogP contribution < -0.4 is 0 Å². The van der Waals surface area contributed by atoms with Crippen LogP contribution in [0.3, 0.4) is 0 Å². The molecule has 0 aromatic heterocycles. The molecule has 0 radical (unpaired) electrons. The molecule has 2 unspecified atom stereocenters. The van der Waals surface area contributed by atoms with Crippen molar-refractivity contribution in [1.29, 1.82) is 0 Å². The van der Waals surface area contributed by atoms with Crippen molar-refractivity contribution in [2.75, 3.05) is 6.54 Å². The lowest BCUT2D eigenvalue weighted by molar-refractivity contribution is 0.0703. The van der Waals surface area contributed by atoms with E-state index in [0.717, 1.165) is 25.3 Å². The van der Waals surface area contributed by atoms with E-state index < -0.39 is 14.9 Å². The minimum Gasteiger partial charge on any atom is -0.335 e. The molecule has 1 saturated heterocycles. The molecule has 1 amide bonds. The summed E-state index contributed by atoms with van der Waals surface area (Å²) >= 11 is 0. The van der Waals surface area contributed by atoms with E-state index in [1.807, 2.05) is 0 Å². The van der Waals surface area contributed by atoms with Crippen LogP contribution in [0.5, 0.6) is 0 Å². The van der Waals surface area contributed by atoms with Crippen LogP contribution in [0.2, 0.25) is 0 Å². The fourth-order valence-electron chi connectivity index (χ4n) is 3.37. The van der Waals surface area contributed by atoms with E-state index >= 15 is 0 Å². The van der Waals surface area contributed by atoms with Crippen molar-refractivity contribution >= 4 is 25.6 Å². The molecule has 0 spiro atoms. The Labute approximate surface area is 127 Å². The molecule has 7 heteroatoms. The summed E-state index contributed by atoms with van der Waals surface area (Å²) in [4.78, 5) is 13.9. The van der Waals surface area contributed by atoms with Gasteiger partial charge in [0.2, 0.25) is 0 Å². The molecule has 1 saturated carbocycles. The minimum atomic E-state index is -4.08. The van der Waals surface area contributed by atoms with Gasteiger partial charge in [-0.2, -0.15) is 0 Å². The molecular weight excluding hydrogens is 317 g/mol. The average molecular weight is 332 g/mol. The Morgan fingerprint density at radius 2 is 2.10 bits per heavy atom. The van der Waals surface area contributed by atoms with Crippen molar-refractivity contribution in [3.05, 3.63) is 29.1 Å². The fraction of sp³-hybridized carbons (Fsp3) is 0.500. The molecule has 2 atom stereocenters. The van der Waals surface area contributed by atoms with Crippen LogP contribution in [0, 0.1) is 18.7 Å². The second-order valence-electron chi connectivity index (χ2n) is 5.81. The molecule has 4 nitrogen and oxygen atoms in total. The number of carbonyl (C=O) groups excluding carboxylic acids is 1. The Bertz CT molecular complexity index is 719. The highest BCUT2D eigenvalue weighted by Gasteiger charge is 2.40. The number of hydrogen-bond acceptors (Lipinski definition) is 3. The van der Waals surface area contributed by atoms with E-state index in [1.165, 1.54) is 13.0 Å². The van der Waals surface area contributed by atoms with Gasteiger partial charge in [-0.1, -0.05) is 0 Å². The highest BCUT2D eigenvalue weighted by molar-refractivity contribution is 8.13. The van der Waals surface area contributed by atoms with Crippen molar-refractivity contribution in [2.45, 2.75) is 37.1 Å². The average Bonchev–Trinajstić information content (AvgIpc) is 3.01. The van der Waals surface area contributed by atoms with Crippen LogP contribution in [0.1, 0.15) is 35.2 Å². The molecular formula is C14H15ClFNO3S. The summed E-state index contributed by atoms with van der Waals surface area (Å²) in [5, 5.41) is 0. The predicted molar refractivity (Wildman–Crippen MR) is 76.3 cm³/mol. The summed E-state index contributed by atoms with van der Waals surface area (Å²) < 4.78 is 36.9. The third kappa shape index (κ3) is 2.55. The monoisotopic (exact) mass is 331 g/mol. The van der Waals surface area contributed by atoms with Gasteiger partial charge in [-0.15, -0.1) is 0 Å². The molecule has 2 fully saturated rings. The smallest absolute Gasteiger partial charge is 0.261 e. The van der Waals surface area contributed by atoms with E-state index in [1.54, 1.807) is 4.90 Å². The first kappa shape index (κ1) is 14.8. The number of rotatable bonds is 2. The molecule has 21 heavy (non-hydrogen) atoms. The van der Waals surface area contributed by atoms with Gasteiger partial charge in [0, 0.05) is 34.4 Å². The van der Waals surface area contributed by atoms with Crippen molar-refractivity contribution in [3.8, 4) is 0 Å². The first-order valence-corrected chi connectivity index (χ1v) is 9.14. The SMILES string of the molecule is Cc1c(F)cc(C(=O)N2CC3CCC2C3)cc1S(=O)(=O)Cl. The molecule has 114 valence electrons. The van der Waals surface area contributed by atoms with E-state index in [9.17, 15) is 17.6 Å². The summed E-state index contributed by atoms with van der Waals surface area (Å²) in [7, 11) is 1.23. The highest BCUT2D eigenvalue weighted by atomic mass is 35.7. The maximum absolute atomic E-state index is 13.9. The maximum Gasteiger partial charge on any atom is 0.261 e. The first-order valence-electron chi connectivity index (χ1n) is 6.83. The van der Waals surface area contributed by atoms with Crippen LogP contribution in [-0.2, 0) is 9.05 Å². The number of nitrogens with zero attached hydrogens (tertiary/aromatic N) is 1. The number of halogens is 2. The van der Waals surface area contributed by atoms with Gasteiger partial charge in [-0.25, -0.2) is 12.8 Å². The zero-order chi connectivity index (χ0) is 15.4. The Hall–Kier alpha value is -1.14. The quantitative estimate of drug-likeness (QED) is 0.783. The van der Waals surface area contributed by atoms with Gasteiger partial charge in [0.05, 0.1) is 4.90 Å². The zero-order valence-electron chi connectivity index (χ0n) is 11.5. The topological polar surface area (TPSA) is 54.5 Å². The second kappa shape index (κ2) is 4.95. The van der Waals surface area contributed by atoms with Gasteiger partial charge in [0.25, 0.3) is 15.0 Å². The van der Waals surface area contributed by atoms with Gasteiger partial charge in [0.1, 0.15) is 5.82 Å². The molecule has 1 aliphatic carbocycles. The largest absolute Gasteiger partial charge is 0.335 e. The van der Waals surface area contributed by atoms with Crippen LogP contribution in [0.15, 0.2) is 17.0 Å². The summed E-state index contributed by atoms with van der Waals surface area (Å²) in [5.74, 6) is -0.530. The number of carbonyl (C=O) groups is 1. The van der Waals surface area contributed by atoms with Crippen LogP contribution in [-0.4, -0.2) is 31.8 Å². The molecule has 3 rings (SSSR count). The number of benzene rings is 1. The molecule has 0 N–H and O–H groups in total. The molecule has 2 aliphatic rings. The number of amides is 1. The number of fused-ring (bicyclic) bond motifs is 2. The Kier molecular flexibility index (Phi) is 3.48. The predicted octanol–water partition coefficient (Wildman–Crippen LogP) is 2.69. The summed E-state index contributed by atoms with van der Waals surface area (Å²) in [6.07, 6.45) is 3.07. The lowest BCUT2D eigenvalue weighted by Crippen LogP contribution is -2.37. The zero-order valence-corrected chi connectivity index (χ0v) is 13.0. The highest BCUT2D eigenvalue weighted by Crippen LogP contribution is 2.38. The Morgan fingerprint density at radius 1 is 1.38 bits per heavy atom. The molecule has 1 aromatic carbocycles. The fourth-order valence-corrected chi connectivity index (χ4v) is 4.58. The van der Waals surface area contributed by atoms with Gasteiger partial charge in [-0.05, 0) is 44.2 Å². The van der Waals surface area contributed by atoms with Gasteiger partial charge < -0.3 is 4.90 Å². The number of likely N-dealkylation sites (tertiary alicyclic amines) is 1. The maximum atomic E-state index is 13.9. The second-order valence-corrected chi connectivity index (χ2v) is 8.34. The van der Waals surface area contributed by atoms with Crippen molar-refractivity contribution < 1.29 is 17.6 Å². The van der Waals surface area contributed by atoms with Crippen molar-refractivity contribution in [2.24, 2.45) is 5.92 Å². The van der Waals surface area contributed by atoms with Crippen molar-refractivity contribution in [3.63, 3.8) is 0 Å². The Balaban J connectivity index is 1.99. The lowest BCUT2D eigenvalue weighted by atomic mass is 10.1. The van der Waals surface area contributed by atoms with Crippen LogP contribution in [0.4, 0.5) is 4.39 Å². The molecule has 1 aliphatic heterocycles. The standard InChI is InChI=1S/C14H15ClFNO3S/c1-8-12(16)5-10(6-13(8)21(15,19)20)14(18)17-7-9-2-3-11(17)4-9/h5-6,9,11H,2-4,7H2,1H3. The van der Waals surface area contributed by atoms with E-state index in [0.29, 0.717) is 12.5 Å². The van der Waals surface area contributed by atoms with Gasteiger partial charge >= 0.3 is 0 Å². The van der Waals surface area contributed by atoms with E-state index in [4.69, 9.17) is 10.7 Å². The van der Waals surface area contributed by atoms with Gasteiger partial charge in [-0.3, -0.25) is 4.79 Å². The summed E-state index contributed by atoms with van der Waals surface area (Å²) in [5.41, 5.74) is -0.0191. The third-order valence-corrected chi connectivity index (χ3v) is 5.92. The minimum absolute atomic E-state index is 0.0462. The number of hydrogen-bond donors (Lipinski definition) is 0. The Morgan fingerprint density at radius 3 is 2.62 bits per heavy atom. The lowest BCUT2D eigenvalue weighted by Gasteiger charge is -2.27. The van der Waals surface area contributed by atoms with E-state index in [2.05, 4.69) is 0 Å². The first-order chi connectivity index (χ1) is 9.77. The number of piperidine rings is 1. The molecule has 2 bridgehead atoms. The van der Waals surface area contributed by atoms with Gasteiger partial charge in [0.15, 0.2) is 0 Å². The van der Waals surface area contributed by atoms with Crippen LogP contribution in [0.25, 0.3) is 0 Å². The summed E-state index contributed by atoms with van der Waals surface area (Å²) in [6.45, 7) is 2.00. The normalized spacial score (nSPS) is 24.6. The molecule has 1 aromatic rings. The summed E-state index contributed by atoms with van der Waals surface area (Å²) in [6, 6.07) is 2.47. The van der Waals surface area contributed by atoms with Crippen molar-refractivity contribution in [1.82, 2.24) is 4.90 Å². The third-order valence-electron chi connectivity index (χ3n) is 4.48.